The molecule has 1 aromatic heterocycles. The molecule has 0 aliphatic rings. The zero-order valence-electron chi connectivity index (χ0n) is 7.09. The van der Waals surface area contributed by atoms with Gasteiger partial charge < -0.3 is 5.11 Å². The number of carbonyl (C=O) groups is 1. The van der Waals surface area contributed by atoms with Gasteiger partial charge in [-0.05, 0) is 18.6 Å². The lowest BCUT2D eigenvalue weighted by atomic mass is 10.1. The Morgan fingerprint density at radius 3 is 2.64 bits per heavy atom. The van der Waals surface area contributed by atoms with Crippen LogP contribution in [0.15, 0.2) is 6.07 Å². The van der Waals surface area contributed by atoms with Gasteiger partial charge in [0.1, 0.15) is 5.15 Å². The van der Waals surface area contributed by atoms with Crippen molar-refractivity contribution in [3.05, 3.63) is 28.0 Å². The molecule has 1 heterocycles. The van der Waals surface area contributed by atoms with Gasteiger partial charge in [-0.3, -0.25) is 0 Å². The Kier molecular flexibility index (Phi) is 3.00. The van der Waals surface area contributed by atoms with E-state index in [4.69, 9.17) is 16.7 Å². The highest BCUT2D eigenvalue weighted by Gasteiger charge is 2.22. The number of carboxylic acid groups (broad SMARTS) is 1. The number of halogens is 3. The number of alkyl halides is 2. The van der Waals surface area contributed by atoms with E-state index in [2.05, 4.69) is 4.98 Å². The number of aromatic carboxylic acids is 1. The first-order valence-corrected chi connectivity index (χ1v) is 3.99. The summed E-state index contributed by atoms with van der Waals surface area (Å²) in [6.45, 7) is 1.36. The summed E-state index contributed by atoms with van der Waals surface area (Å²) in [5.41, 5.74) is -1.15. The molecule has 0 spiro atoms. The summed E-state index contributed by atoms with van der Waals surface area (Å²) in [6.07, 6.45) is -2.87. The van der Waals surface area contributed by atoms with Crippen LogP contribution in [0.2, 0.25) is 5.15 Å². The summed E-state index contributed by atoms with van der Waals surface area (Å²) in [5.74, 6) is -1.51. The molecule has 0 aliphatic carbocycles. The summed E-state index contributed by atoms with van der Waals surface area (Å²) in [7, 11) is 0. The molecule has 3 nitrogen and oxygen atoms in total. The Morgan fingerprint density at radius 1 is 1.64 bits per heavy atom. The molecule has 76 valence electrons. The first-order chi connectivity index (χ1) is 6.43. The minimum atomic E-state index is -2.87. The van der Waals surface area contributed by atoms with Crippen molar-refractivity contribution in [2.75, 3.05) is 0 Å². The highest BCUT2D eigenvalue weighted by atomic mass is 35.5. The highest BCUT2D eigenvalue weighted by molar-refractivity contribution is 6.29. The minimum absolute atomic E-state index is 0.107. The Bertz CT molecular complexity index is 382. The van der Waals surface area contributed by atoms with Crippen molar-refractivity contribution in [2.45, 2.75) is 13.3 Å². The molecule has 0 atom stereocenters. The van der Waals surface area contributed by atoms with Crippen LogP contribution < -0.4 is 0 Å². The van der Waals surface area contributed by atoms with E-state index in [1.807, 2.05) is 0 Å². The standard InChI is InChI=1S/C8H6ClF2NO2/c1-3-2-4(9)12-6(8(13)14)5(3)7(10)11/h2,7H,1H3,(H,13,14). The van der Waals surface area contributed by atoms with Crippen LogP contribution in [0.4, 0.5) is 8.78 Å². The number of pyridine rings is 1. The van der Waals surface area contributed by atoms with Gasteiger partial charge in [-0.2, -0.15) is 0 Å². The average molecular weight is 222 g/mol. The minimum Gasteiger partial charge on any atom is -0.476 e. The monoisotopic (exact) mass is 221 g/mol. The molecule has 0 bridgehead atoms. The summed E-state index contributed by atoms with van der Waals surface area (Å²) < 4.78 is 24.9. The normalized spacial score (nSPS) is 10.6. The smallest absolute Gasteiger partial charge is 0.355 e. The summed E-state index contributed by atoms with van der Waals surface area (Å²) in [4.78, 5) is 13.9. The van der Waals surface area contributed by atoms with Crippen molar-refractivity contribution in [2.24, 2.45) is 0 Å². The van der Waals surface area contributed by atoms with Crippen LogP contribution >= 0.6 is 11.6 Å². The fourth-order valence-corrected chi connectivity index (χ4v) is 1.33. The maximum Gasteiger partial charge on any atom is 0.355 e. The zero-order valence-corrected chi connectivity index (χ0v) is 7.85. The van der Waals surface area contributed by atoms with Gasteiger partial charge in [-0.25, -0.2) is 18.6 Å². The van der Waals surface area contributed by atoms with Gasteiger partial charge in [0, 0.05) is 0 Å². The van der Waals surface area contributed by atoms with Gasteiger partial charge in [0.05, 0.1) is 5.56 Å². The Balaban J connectivity index is 3.44. The highest BCUT2D eigenvalue weighted by Crippen LogP contribution is 2.27. The average Bonchev–Trinajstić information content (AvgIpc) is 2.01. The van der Waals surface area contributed by atoms with Crippen LogP contribution in [0.25, 0.3) is 0 Å². The second-order valence-corrected chi connectivity index (χ2v) is 3.02. The fraction of sp³-hybridized carbons (Fsp3) is 0.250. The molecule has 6 heteroatoms. The van der Waals surface area contributed by atoms with Gasteiger partial charge in [0.15, 0.2) is 5.69 Å². The van der Waals surface area contributed by atoms with E-state index in [1.165, 1.54) is 13.0 Å². The molecular weight excluding hydrogens is 216 g/mol. The van der Waals surface area contributed by atoms with E-state index >= 15 is 0 Å². The topological polar surface area (TPSA) is 50.2 Å². The third-order valence-corrected chi connectivity index (χ3v) is 1.85. The summed E-state index contributed by atoms with van der Waals surface area (Å²) in [6, 6.07) is 1.20. The van der Waals surface area contributed by atoms with E-state index in [0.29, 0.717) is 0 Å². The number of aryl methyl sites for hydroxylation is 1. The van der Waals surface area contributed by atoms with E-state index in [1.54, 1.807) is 0 Å². The number of hydrogen-bond acceptors (Lipinski definition) is 2. The van der Waals surface area contributed by atoms with Crippen LogP contribution in [0, 0.1) is 6.92 Å². The van der Waals surface area contributed by atoms with Gasteiger partial charge in [0.2, 0.25) is 0 Å². The molecule has 0 aromatic carbocycles. The van der Waals surface area contributed by atoms with Crippen molar-refractivity contribution < 1.29 is 18.7 Å². The summed E-state index contributed by atoms with van der Waals surface area (Å²) >= 11 is 5.45. The number of nitrogens with zero attached hydrogens (tertiary/aromatic N) is 1. The van der Waals surface area contributed by atoms with E-state index in [9.17, 15) is 13.6 Å². The van der Waals surface area contributed by atoms with Gasteiger partial charge >= 0.3 is 5.97 Å². The third kappa shape index (κ3) is 1.98. The molecule has 0 fully saturated rings. The van der Waals surface area contributed by atoms with Gasteiger partial charge in [-0.15, -0.1) is 0 Å². The summed E-state index contributed by atoms with van der Waals surface area (Å²) in [5, 5.41) is 8.50. The molecule has 0 saturated carbocycles. The predicted octanol–water partition coefficient (Wildman–Crippen LogP) is 2.68. The third-order valence-electron chi connectivity index (χ3n) is 1.65. The lowest BCUT2D eigenvalue weighted by Crippen LogP contribution is -2.08. The number of aromatic nitrogens is 1. The van der Waals surface area contributed by atoms with E-state index in [-0.39, 0.29) is 10.7 Å². The molecule has 1 N–H and O–H groups in total. The molecule has 1 aromatic rings. The second kappa shape index (κ2) is 3.88. The predicted molar refractivity (Wildman–Crippen MR) is 45.9 cm³/mol. The number of rotatable bonds is 2. The SMILES string of the molecule is Cc1cc(Cl)nc(C(=O)O)c1C(F)F. The molecule has 0 aliphatic heterocycles. The molecule has 0 amide bonds. The van der Waals surface area contributed by atoms with Crippen molar-refractivity contribution in [1.82, 2.24) is 4.98 Å². The fourth-order valence-electron chi connectivity index (χ4n) is 1.08. The maximum atomic E-state index is 12.4. The van der Waals surface area contributed by atoms with Crippen LogP contribution in [0.1, 0.15) is 28.0 Å². The first-order valence-electron chi connectivity index (χ1n) is 3.62. The maximum absolute atomic E-state index is 12.4. The van der Waals surface area contributed by atoms with Crippen LogP contribution in [0.5, 0.6) is 0 Å². The molecule has 0 unspecified atom stereocenters. The van der Waals surface area contributed by atoms with E-state index < -0.39 is 23.7 Å². The van der Waals surface area contributed by atoms with E-state index in [0.717, 1.165) is 0 Å². The Hall–Kier alpha value is -1.23. The van der Waals surface area contributed by atoms with Gasteiger partial charge in [-0.1, -0.05) is 11.6 Å². The molecule has 0 saturated heterocycles. The Labute approximate surface area is 83.3 Å². The van der Waals surface area contributed by atoms with Gasteiger partial charge in [0.25, 0.3) is 6.43 Å². The van der Waals surface area contributed by atoms with Crippen molar-refractivity contribution >= 4 is 17.6 Å². The first kappa shape index (κ1) is 10.8. The second-order valence-electron chi connectivity index (χ2n) is 2.63. The molecular formula is C8H6ClF2NO2. The molecule has 14 heavy (non-hydrogen) atoms. The molecule has 1 rings (SSSR count). The lowest BCUT2D eigenvalue weighted by Gasteiger charge is -2.07. The lowest BCUT2D eigenvalue weighted by molar-refractivity contribution is 0.0676. The van der Waals surface area contributed by atoms with Crippen LogP contribution in [-0.4, -0.2) is 16.1 Å². The number of carboxylic acids is 1. The molecule has 0 radical (unpaired) electrons. The van der Waals surface area contributed by atoms with Crippen molar-refractivity contribution in [1.29, 1.82) is 0 Å². The van der Waals surface area contributed by atoms with Crippen molar-refractivity contribution in [3.8, 4) is 0 Å². The quantitative estimate of drug-likeness (QED) is 0.781. The largest absolute Gasteiger partial charge is 0.476 e. The van der Waals surface area contributed by atoms with Crippen molar-refractivity contribution in [3.63, 3.8) is 0 Å². The van der Waals surface area contributed by atoms with Crippen LogP contribution in [0.3, 0.4) is 0 Å². The number of hydrogen-bond donors (Lipinski definition) is 1. The van der Waals surface area contributed by atoms with Crippen LogP contribution in [-0.2, 0) is 0 Å². The zero-order chi connectivity index (χ0) is 10.9. The Morgan fingerprint density at radius 2 is 2.21 bits per heavy atom.